The number of hydrogen-bond acceptors (Lipinski definition) is 3. The normalized spacial score (nSPS) is 17.0. The number of rotatable bonds is 5. The lowest BCUT2D eigenvalue weighted by molar-refractivity contribution is -0.143. The Kier molecular flexibility index (Phi) is 6.37. The summed E-state index contributed by atoms with van der Waals surface area (Å²) in [5.74, 6) is -0.0901. The number of esters is 1. The van der Waals surface area contributed by atoms with E-state index in [1.807, 2.05) is 0 Å². The van der Waals surface area contributed by atoms with Crippen molar-refractivity contribution in [1.29, 1.82) is 0 Å². The second-order valence-corrected chi connectivity index (χ2v) is 4.42. The van der Waals surface area contributed by atoms with Gasteiger partial charge in [0.1, 0.15) is 0 Å². The van der Waals surface area contributed by atoms with Gasteiger partial charge in [-0.05, 0) is 25.7 Å². The molecule has 1 N–H and O–H groups in total. The van der Waals surface area contributed by atoms with Gasteiger partial charge in [-0.15, -0.1) is 0 Å². The number of amides is 1. The Hall–Kier alpha value is -1.32. The van der Waals surface area contributed by atoms with Crippen LogP contribution in [0.2, 0.25) is 0 Å². The molecule has 4 nitrogen and oxygen atoms in total. The summed E-state index contributed by atoms with van der Waals surface area (Å²) in [6.45, 7) is 2.25. The molecule has 0 bridgehead atoms. The summed E-state index contributed by atoms with van der Waals surface area (Å²) in [7, 11) is 0. The number of ether oxygens (including phenoxy) is 1. The Labute approximate surface area is 102 Å². The van der Waals surface area contributed by atoms with Gasteiger partial charge in [0, 0.05) is 12.6 Å². The fourth-order valence-electron chi connectivity index (χ4n) is 2.02. The van der Waals surface area contributed by atoms with E-state index in [0.29, 0.717) is 12.5 Å². The van der Waals surface area contributed by atoms with Crippen molar-refractivity contribution in [2.45, 2.75) is 39.0 Å². The van der Waals surface area contributed by atoms with E-state index in [4.69, 9.17) is 4.74 Å². The summed E-state index contributed by atoms with van der Waals surface area (Å²) in [4.78, 5) is 22.3. The van der Waals surface area contributed by atoms with Crippen LogP contribution >= 0.6 is 0 Å². The Morgan fingerprint density at radius 2 is 2.00 bits per heavy atom. The zero-order valence-corrected chi connectivity index (χ0v) is 10.4. The lowest BCUT2D eigenvalue weighted by atomic mass is 9.89. The van der Waals surface area contributed by atoms with Crippen molar-refractivity contribution in [2.75, 3.05) is 13.2 Å². The summed E-state index contributed by atoms with van der Waals surface area (Å²) < 4.78 is 4.75. The molecule has 1 aliphatic carbocycles. The third-order valence-corrected chi connectivity index (χ3v) is 2.96. The van der Waals surface area contributed by atoms with Gasteiger partial charge in [-0.3, -0.25) is 4.79 Å². The van der Waals surface area contributed by atoms with Gasteiger partial charge in [-0.1, -0.05) is 25.3 Å². The van der Waals surface area contributed by atoms with Crippen molar-refractivity contribution in [3.63, 3.8) is 0 Å². The van der Waals surface area contributed by atoms with Crippen LogP contribution in [0.4, 0.5) is 0 Å². The minimum Gasteiger partial charge on any atom is -0.452 e. The molecule has 17 heavy (non-hydrogen) atoms. The molecule has 0 aromatic carbocycles. The lowest BCUT2D eigenvalue weighted by Crippen LogP contribution is -2.33. The molecule has 0 unspecified atom stereocenters. The molecule has 4 heteroatoms. The van der Waals surface area contributed by atoms with Crippen LogP contribution in [-0.4, -0.2) is 25.0 Å². The number of carbonyl (C=O) groups is 2. The van der Waals surface area contributed by atoms with Gasteiger partial charge in [0.15, 0.2) is 6.61 Å². The SMILES string of the molecule is C/C=C/C(=O)OCC(=O)NCC1CCCCC1. The number of hydrogen-bond donors (Lipinski definition) is 1. The molecule has 0 heterocycles. The summed E-state index contributed by atoms with van der Waals surface area (Å²) >= 11 is 0. The Morgan fingerprint density at radius 3 is 2.65 bits per heavy atom. The average molecular weight is 239 g/mol. The van der Waals surface area contributed by atoms with Crippen LogP contribution in [0, 0.1) is 5.92 Å². The van der Waals surface area contributed by atoms with Gasteiger partial charge in [-0.2, -0.15) is 0 Å². The van der Waals surface area contributed by atoms with Gasteiger partial charge in [0.2, 0.25) is 0 Å². The lowest BCUT2D eigenvalue weighted by Gasteiger charge is -2.21. The second kappa shape index (κ2) is 7.87. The highest BCUT2D eigenvalue weighted by molar-refractivity contribution is 5.85. The van der Waals surface area contributed by atoms with E-state index >= 15 is 0 Å². The predicted molar refractivity (Wildman–Crippen MR) is 65.4 cm³/mol. The summed E-state index contributed by atoms with van der Waals surface area (Å²) in [6, 6.07) is 0. The van der Waals surface area contributed by atoms with Crippen LogP contribution in [0.5, 0.6) is 0 Å². The first-order valence-electron chi connectivity index (χ1n) is 6.28. The van der Waals surface area contributed by atoms with Gasteiger partial charge >= 0.3 is 5.97 Å². The van der Waals surface area contributed by atoms with Crippen molar-refractivity contribution in [3.8, 4) is 0 Å². The van der Waals surface area contributed by atoms with Crippen LogP contribution in [0.1, 0.15) is 39.0 Å². The summed E-state index contributed by atoms with van der Waals surface area (Å²) in [5.41, 5.74) is 0. The van der Waals surface area contributed by atoms with E-state index in [-0.39, 0.29) is 12.5 Å². The van der Waals surface area contributed by atoms with Crippen molar-refractivity contribution in [1.82, 2.24) is 5.32 Å². The monoisotopic (exact) mass is 239 g/mol. The van der Waals surface area contributed by atoms with Crippen molar-refractivity contribution in [2.24, 2.45) is 5.92 Å². The minimum atomic E-state index is -0.472. The molecule has 0 atom stereocenters. The van der Waals surface area contributed by atoms with E-state index in [1.54, 1.807) is 13.0 Å². The van der Waals surface area contributed by atoms with Crippen LogP contribution in [0.15, 0.2) is 12.2 Å². The van der Waals surface area contributed by atoms with Gasteiger partial charge < -0.3 is 10.1 Å². The fraction of sp³-hybridized carbons (Fsp3) is 0.692. The van der Waals surface area contributed by atoms with Gasteiger partial charge in [0.05, 0.1) is 0 Å². The molecule has 1 amide bonds. The average Bonchev–Trinajstić information content (AvgIpc) is 2.35. The zero-order chi connectivity index (χ0) is 12.5. The quantitative estimate of drug-likeness (QED) is 0.588. The molecule has 96 valence electrons. The third-order valence-electron chi connectivity index (χ3n) is 2.96. The second-order valence-electron chi connectivity index (χ2n) is 4.42. The standard InChI is InChI=1S/C13H21NO3/c1-2-6-13(16)17-10-12(15)14-9-11-7-4-3-5-8-11/h2,6,11H,3-5,7-10H2,1H3,(H,14,15)/b6-2+. The van der Waals surface area contributed by atoms with Crippen molar-refractivity contribution >= 4 is 11.9 Å². The van der Waals surface area contributed by atoms with Crippen LogP contribution in [-0.2, 0) is 14.3 Å². The first-order valence-corrected chi connectivity index (χ1v) is 6.28. The highest BCUT2D eigenvalue weighted by atomic mass is 16.5. The Balaban J connectivity index is 2.10. The fourth-order valence-corrected chi connectivity index (χ4v) is 2.02. The van der Waals surface area contributed by atoms with Crippen molar-refractivity contribution in [3.05, 3.63) is 12.2 Å². The maximum Gasteiger partial charge on any atom is 0.330 e. The van der Waals surface area contributed by atoms with Crippen molar-refractivity contribution < 1.29 is 14.3 Å². The minimum absolute atomic E-state index is 0.185. The van der Waals surface area contributed by atoms with E-state index in [1.165, 1.54) is 38.2 Å². The number of carbonyl (C=O) groups excluding carboxylic acids is 2. The first kappa shape index (κ1) is 13.7. The third kappa shape index (κ3) is 6.09. The van der Waals surface area contributed by atoms with E-state index in [9.17, 15) is 9.59 Å². The maximum atomic E-state index is 11.4. The van der Waals surface area contributed by atoms with E-state index in [2.05, 4.69) is 5.32 Å². The molecule has 0 aliphatic heterocycles. The molecule has 0 spiro atoms. The summed E-state index contributed by atoms with van der Waals surface area (Å²) in [5, 5.41) is 2.81. The summed E-state index contributed by atoms with van der Waals surface area (Å²) in [6.07, 6.45) is 9.10. The first-order chi connectivity index (χ1) is 8.22. The molecule has 0 aromatic rings. The highest BCUT2D eigenvalue weighted by Gasteiger charge is 2.14. The zero-order valence-electron chi connectivity index (χ0n) is 10.4. The maximum absolute atomic E-state index is 11.4. The molecule has 1 saturated carbocycles. The highest BCUT2D eigenvalue weighted by Crippen LogP contribution is 2.22. The van der Waals surface area contributed by atoms with Gasteiger partial charge in [0.25, 0.3) is 5.91 Å². The van der Waals surface area contributed by atoms with Crippen LogP contribution in [0.3, 0.4) is 0 Å². The molecule has 0 saturated heterocycles. The van der Waals surface area contributed by atoms with Crippen LogP contribution in [0.25, 0.3) is 0 Å². The Bertz CT molecular complexity index is 280. The predicted octanol–water partition coefficient (Wildman–Crippen LogP) is 1.80. The largest absolute Gasteiger partial charge is 0.452 e. The van der Waals surface area contributed by atoms with E-state index < -0.39 is 5.97 Å². The Morgan fingerprint density at radius 1 is 1.29 bits per heavy atom. The molecular weight excluding hydrogens is 218 g/mol. The van der Waals surface area contributed by atoms with Gasteiger partial charge in [-0.25, -0.2) is 4.79 Å². The molecular formula is C13H21NO3. The topological polar surface area (TPSA) is 55.4 Å². The number of allylic oxidation sites excluding steroid dienone is 1. The molecule has 1 rings (SSSR count). The smallest absolute Gasteiger partial charge is 0.330 e. The molecule has 0 aromatic heterocycles. The van der Waals surface area contributed by atoms with E-state index in [0.717, 1.165) is 0 Å². The molecule has 1 fully saturated rings. The number of nitrogens with one attached hydrogen (secondary N) is 1. The molecule has 0 radical (unpaired) electrons. The molecule has 1 aliphatic rings. The van der Waals surface area contributed by atoms with Crippen LogP contribution < -0.4 is 5.32 Å².